The van der Waals surface area contributed by atoms with Gasteiger partial charge in [0.15, 0.2) is 0 Å². The molecule has 2 saturated heterocycles. The molecule has 0 aliphatic carbocycles. The first-order chi connectivity index (χ1) is 12.1. The van der Waals surface area contributed by atoms with E-state index < -0.39 is 0 Å². The monoisotopic (exact) mass is 345 g/mol. The molecule has 1 N–H and O–H groups in total. The van der Waals surface area contributed by atoms with E-state index in [1.165, 1.54) is 0 Å². The molecule has 0 bridgehead atoms. The fraction of sp³-hybridized carbons (Fsp3) is 0.579. The van der Waals surface area contributed by atoms with Crippen molar-refractivity contribution in [2.45, 2.75) is 19.4 Å². The Hall–Kier alpha value is -1.92. The Morgan fingerprint density at radius 1 is 1.24 bits per heavy atom. The number of hydrogen-bond donors (Lipinski definition) is 1. The van der Waals surface area contributed by atoms with E-state index in [1.54, 1.807) is 0 Å². The third-order valence-electron chi connectivity index (χ3n) is 5.03. The maximum Gasteiger partial charge on any atom is 0.225 e. The van der Waals surface area contributed by atoms with Crippen molar-refractivity contribution in [3.63, 3.8) is 0 Å². The Morgan fingerprint density at radius 2 is 1.96 bits per heavy atom. The molecule has 2 atom stereocenters. The first-order valence-electron chi connectivity index (χ1n) is 9.06. The lowest BCUT2D eigenvalue weighted by Gasteiger charge is -2.28. The van der Waals surface area contributed by atoms with E-state index >= 15 is 0 Å². The molecule has 0 unspecified atom stereocenters. The van der Waals surface area contributed by atoms with Crippen LogP contribution in [0.5, 0.6) is 0 Å². The highest BCUT2D eigenvalue weighted by atomic mass is 16.5. The number of morpholine rings is 1. The lowest BCUT2D eigenvalue weighted by atomic mass is 10.1. The summed E-state index contributed by atoms with van der Waals surface area (Å²) in [7, 11) is 0. The lowest BCUT2D eigenvalue weighted by Crippen LogP contribution is -2.42. The number of nitrogens with one attached hydrogen (secondary N) is 1. The molecule has 2 heterocycles. The summed E-state index contributed by atoms with van der Waals surface area (Å²) in [5.74, 6) is -0.192. The van der Waals surface area contributed by atoms with E-state index in [4.69, 9.17) is 4.74 Å². The summed E-state index contributed by atoms with van der Waals surface area (Å²) in [4.78, 5) is 28.9. The molecule has 6 nitrogen and oxygen atoms in total. The molecule has 0 saturated carbocycles. The number of carbonyl (C=O) groups excluding carboxylic acids is 2. The van der Waals surface area contributed by atoms with Gasteiger partial charge in [-0.1, -0.05) is 30.3 Å². The van der Waals surface area contributed by atoms with Crippen LogP contribution in [0.15, 0.2) is 30.3 Å². The molecule has 0 spiro atoms. The highest BCUT2D eigenvalue weighted by Gasteiger charge is 2.34. The number of carbonyl (C=O) groups is 2. The number of nitrogens with zero attached hydrogens (tertiary/aromatic N) is 2. The van der Waals surface area contributed by atoms with Gasteiger partial charge in [0.1, 0.15) is 0 Å². The average Bonchev–Trinajstić information content (AvgIpc) is 3.02. The molecule has 2 amide bonds. The third kappa shape index (κ3) is 4.80. The van der Waals surface area contributed by atoms with Crippen molar-refractivity contribution < 1.29 is 14.3 Å². The van der Waals surface area contributed by atoms with Crippen LogP contribution >= 0.6 is 0 Å². The molecule has 2 aliphatic heterocycles. The molecule has 3 rings (SSSR count). The Morgan fingerprint density at radius 3 is 2.68 bits per heavy atom. The summed E-state index contributed by atoms with van der Waals surface area (Å²) < 4.78 is 5.34. The second kappa shape index (κ2) is 8.45. The summed E-state index contributed by atoms with van der Waals surface area (Å²) in [6, 6.07) is 9.83. The zero-order valence-corrected chi connectivity index (χ0v) is 14.8. The number of hydrogen-bond acceptors (Lipinski definition) is 4. The van der Waals surface area contributed by atoms with Gasteiger partial charge in [-0.15, -0.1) is 0 Å². The number of likely N-dealkylation sites (tertiary alicyclic amines) is 1. The topological polar surface area (TPSA) is 61.9 Å². The normalized spacial score (nSPS) is 22.8. The van der Waals surface area contributed by atoms with Gasteiger partial charge >= 0.3 is 0 Å². The van der Waals surface area contributed by atoms with Gasteiger partial charge in [0, 0.05) is 39.1 Å². The first-order valence-corrected chi connectivity index (χ1v) is 9.06. The molecule has 0 aromatic heterocycles. The molecule has 6 heteroatoms. The maximum absolute atomic E-state index is 12.5. The minimum atomic E-state index is -0.247. The fourth-order valence-corrected chi connectivity index (χ4v) is 3.41. The Balaban J connectivity index is 1.47. The van der Waals surface area contributed by atoms with Crippen LogP contribution in [0.1, 0.15) is 24.9 Å². The average molecular weight is 345 g/mol. The second-order valence-corrected chi connectivity index (χ2v) is 6.84. The van der Waals surface area contributed by atoms with Crippen molar-refractivity contribution in [2.75, 3.05) is 45.9 Å². The summed E-state index contributed by atoms with van der Waals surface area (Å²) in [6.07, 6.45) is 0.316. The highest BCUT2D eigenvalue weighted by molar-refractivity contribution is 5.89. The molecular weight excluding hydrogens is 318 g/mol. The van der Waals surface area contributed by atoms with Crippen LogP contribution in [0.25, 0.3) is 0 Å². The predicted octanol–water partition coefficient (Wildman–Crippen LogP) is 1.04. The fourth-order valence-electron chi connectivity index (χ4n) is 3.41. The number of rotatable bonds is 6. The molecule has 1 aromatic carbocycles. The van der Waals surface area contributed by atoms with Crippen LogP contribution in [0.3, 0.4) is 0 Å². The van der Waals surface area contributed by atoms with Crippen LogP contribution in [0.4, 0.5) is 0 Å². The van der Waals surface area contributed by atoms with E-state index in [0.29, 0.717) is 19.5 Å². The van der Waals surface area contributed by atoms with Crippen molar-refractivity contribution in [3.05, 3.63) is 35.9 Å². The summed E-state index contributed by atoms with van der Waals surface area (Å²) >= 11 is 0. The van der Waals surface area contributed by atoms with Crippen molar-refractivity contribution in [1.29, 1.82) is 0 Å². The SMILES string of the molecule is C[C@@H](NC(=O)[C@H]1CC(=O)N(CCN2CCOCC2)C1)c1ccccc1. The van der Waals surface area contributed by atoms with Gasteiger partial charge in [0.2, 0.25) is 11.8 Å². The largest absolute Gasteiger partial charge is 0.379 e. The Bertz CT molecular complexity index is 587. The highest BCUT2D eigenvalue weighted by Crippen LogP contribution is 2.20. The zero-order valence-electron chi connectivity index (χ0n) is 14.8. The molecule has 136 valence electrons. The van der Waals surface area contributed by atoms with Crippen molar-refractivity contribution >= 4 is 11.8 Å². The molecular formula is C19H27N3O3. The Labute approximate surface area is 149 Å². The summed E-state index contributed by atoms with van der Waals surface area (Å²) in [5.41, 5.74) is 1.07. The standard InChI is InChI=1S/C19H27N3O3/c1-15(16-5-3-2-4-6-16)20-19(24)17-13-18(23)22(14-17)8-7-21-9-11-25-12-10-21/h2-6,15,17H,7-14H2,1H3,(H,20,24)/t15-,17+/m1/s1. The quantitative estimate of drug-likeness (QED) is 0.837. The molecule has 1 aromatic rings. The molecule has 2 fully saturated rings. The van der Waals surface area contributed by atoms with Crippen molar-refractivity contribution in [1.82, 2.24) is 15.1 Å². The predicted molar refractivity (Wildman–Crippen MR) is 94.9 cm³/mol. The van der Waals surface area contributed by atoms with Crippen LogP contribution in [0, 0.1) is 5.92 Å². The van der Waals surface area contributed by atoms with Gasteiger partial charge in [0.05, 0.1) is 25.2 Å². The van der Waals surface area contributed by atoms with Crippen LogP contribution < -0.4 is 5.32 Å². The summed E-state index contributed by atoms with van der Waals surface area (Å²) in [5, 5.41) is 3.04. The van der Waals surface area contributed by atoms with Crippen LogP contribution in [-0.4, -0.2) is 67.6 Å². The van der Waals surface area contributed by atoms with Gasteiger partial charge in [0.25, 0.3) is 0 Å². The minimum Gasteiger partial charge on any atom is -0.379 e. The van der Waals surface area contributed by atoms with Gasteiger partial charge in [-0.05, 0) is 12.5 Å². The smallest absolute Gasteiger partial charge is 0.225 e. The van der Waals surface area contributed by atoms with Crippen molar-refractivity contribution in [3.8, 4) is 0 Å². The third-order valence-corrected chi connectivity index (χ3v) is 5.03. The minimum absolute atomic E-state index is 0.0291. The number of benzene rings is 1. The van der Waals surface area contributed by atoms with Gasteiger partial charge < -0.3 is 15.0 Å². The van der Waals surface area contributed by atoms with Gasteiger partial charge in [-0.2, -0.15) is 0 Å². The zero-order chi connectivity index (χ0) is 17.6. The van der Waals surface area contributed by atoms with Gasteiger partial charge in [-0.3, -0.25) is 14.5 Å². The van der Waals surface area contributed by atoms with Gasteiger partial charge in [-0.25, -0.2) is 0 Å². The molecule has 0 radical (unpaired) electrons. The summed E-state index contributed by atoms with van der Waals surface area (Å²) in [6.45, 7) is 7.39. The van der Waals surface area contributed by atoms with E-state index in [2.05, 4.69) is 10.2 Å². The maximum atomic E-state index is 12.5. The lowest BCUT2D eigenvalue weighted by molar-refractivity contribution is -0.129. The van der Waals surface area contributed by atoms with E-state index in [0.717, 1.165) is 38.4 Å². The van der Waals surface area contributed by atoms with E-state index in [1.807, 2.05) is 42.2 Å². The number of amides is 2. The van der Waals surface area contributed by atoms with E-state index in [9.17, 15) is 9.59 Å². The van der Waals surface area contributed by atoms with E-state index in [-0.39, 0.29) is 23.8 Å². The van der Waals surface area contributed by atoms with Crippen LogP contribution in [-0.2, 0) is 14.3 Å². The molecule has 2 aliphatic rings. The number of ether oxygens (including phenoxy) is 1. The first kappa shape index (κ1) is 17.9. The van der Waals surface area contributed by atoms with Crippen molar-refractivity contribution in [2.24, 2.45) is 5.92 Å². The second-order valence-electron chi connectivity index (χ2n) is 6.84. The Kier molecular flexibility index (Phi) is 6.04. The molecule has 25 heavy (non-hydrogen) atoms. The van der Waals surface area contributed by atoms with Crippen LogP contribution in [0.2, 0.25) is 0 Å².